The van der Waals surface area contributed by atoms with Crippen LogP contribution in [0.4, 0.5) is 10.1 Å². The Balaban J connectivity index is 1.99. The first-order chi connectivity index (χ1) is 7.34. The van der Waals surface area contributed by atoms with Gasteiger partial charge in [0.1, 0.15) is 5.82 Å². The van der Waals surface area contributed by atoms with E-state index < -0.39 is 0 Å². The average Bonchev–Trinajstić information content (AvgIpc) is 2.28. The van der Waals surface area contributed by atoms with Crippen molar-refractivity contribution >= 4 is 5.69 Å². The van der Waals surface area contributed by atoms with Gasteiger partial charge >= 0.3 is 0 Å². The maximum Gasteiger partial charge on any atom is 0.123 e. The summed E-state index contributed by atoms with van der Waals surface area (Å²) in [6, 6.07) is 17.1. The first-order valence-corrected chi connectivity index (χ1v) is 4.79. The summed E-state index contributed by atoms with van der Waals surface area (Å²) in [5.74, 6) is -0.198. The third-order valence-electron chi connectivity index (χ3n) is 2.10. The van der Waals surface area contributed by atoms with Crippen molar-refractivity contribution in [3.05, 3.63) is 66.0 Å². The van der Waals surface area contributed by atoms with Crippen LogP contribution in [0.1, 0.15) is 5.56 Å². The standard InChI is InChI=1S/C13H11FN/c14-12-6-4-5-11(9-12)10-15-13-7-2-1-3-8-13/h2-9,15H,10H2. The summed E-state index contributed by atoms with van der Waals surface area (Å²) in [4.78, 5) is 0. The van der Waals surface area contributed by atoms with Crippen LogP contribution < -0.4 is 5.32 Å². The molecule has 15 heavy (non-hydrogen) atoms. The normalized spacial score (nSPS) is 9.93. The summed E-state index contributed by atoms with van der Waals surface area (Å²) in [7, 11) is 0. The topological polar surface area (TPSA) is 12.0 Å². The molecule has 1 radical (unpaired) electrons. The van der Waals surface area contributed by atoms with Gasteiger partial charge in [-0.15, -0.1) is 0 Å². The van der Waals surface area contributed by atoms with E-state index in [1.54, 1.807) is 6.07 Å². The highest BCUT2D eigenvalue weighted by atomic mass is 19.1. The van der Waals surface area contributed by atoms with Gasteiger partial charge in [0.15, 0.2) is 0 Å². The van der Waals surface area contributed by atoms with Crippen LogP contribution >= 0.6 is 0 Å². The second kappa shape index (κ2) is 4.60. The lowest BCUT2D eigenvalue weighted by atomic mass is 10.2. The van der Waals surface area contributed by atoms with Crippen molar-refractivity contribution in [2.75, 3.05) is 5.32 Å². The second-order valence-corrected chi connectivity index (χ2v) is 3.27. The zero-order valence-corrected chi connectivity index (χ0v) is 8.20. The molecule has 0 atom stereocenters. The third kappa shape index (κ3) is 2.81. The molecule has 2 aromatic carbocycles. The molecule has 0 aliphatic carbocycles. The molecule has 0 saturated carbocycles. The Morgan fingerprint density at radius 1 is 1.13 bits per heavy atom. The monoisotopic (exact) mass is 200 g/mol. The van der Waals surface area contributed by atoms with Crippen LogP contribution in [0.25, 0.3) is 0 Å². The van der Waals surface area contributed by atoms with Crippen LogP contribution in [0.3, 0.4) is 0 Å². The molecular weight excluding hydrogens is 189 g/mol. The second-order valence-electron chi connectivity index (χ2n) is 3.27. The number of hydrogen-bond donors (Lipinski definition) is 1. The number of halogens is 1. The number of hydrogen-bond acceptors (Lipinski definition) is 1. The van der Waals surface area contributed by atoms with Crippen LogP contribution in [0.2, 0.25) is 0 Å². The van der Waals surface area contributed by atoms with Crippen molar-refractivity contribution in [2.45, 2.75) is 6.54 Å². The number of benzene rings is 2. The van der Waals surface area contributed by atoms with Gasteiger partial charge in [-0.1, -0.05) is 24.3 Å². The highest BCUT2D eigenvalue weighted by Gasteiger charge is 1.94. The number of rotatable bonds is 3. The lowest BCUT2D eigenvalue weighted by Gasteiger charge is -2.05. The summed E-state index contributed by atoms with van der Waals surface area (Å²) >= 11 is 0. The van der Waals surface area contributed by atoms with Crippen molar-refractivity contribution in [3.8, 4) is 0 Å². The highest BCUT2D eigenvalue weighted by Crippen LogP contribution is 2.09. The summed E-state index contributed by atoms with van der Waals surface area (Å²) in [5.41, 5.74) is 1.95. The lowest BCUT2D eigenvalue weighted by Crippen LogP contribution is -1.99. The van der Waals surface area contributed by atoms with Crippen LogP contribution in [0.5, 0.6) is 0 Å². The van der Waals surface area contributed by atoms with Crippen molar-refractivity contribution < 1.29 is 4.39 Å². The Bertz CT molecular complexity index is 426. The molecular formula is C13H11FN. The Kier molecular flexibility index (Phi) is 2.98. The molecule has 0 aromatic heterocycles. The predicted octanol–water partition coefficient (Wildman–Crippen LogP) is 3.24. The highest BCUT2D eigenvalue weighted by molar-refractivity contribution is 5.42. The summed E-state index contributed by atoms with van der Waals surface area (Å²) in [6.07, 6.45) is 0. The molecule has 2 aromatic rings. The summed E-state index contributed by atoms with van der Waals surface area (Å²) in [5, 5.41) is 3.20. The molecule has 2 heteroatoms. The molecule has 2 rings (SSSR count). The molecule has 75 valence electrons. The van der Waals surface area contributed by atoms with E-state index in [1.807, 2.05) is 30.3 Å². The zero-order valence-electron chi connectivity index (χ0n) is 8.20. The fourth-order valence-electron chi connectivity index (χ4n) is 1.36. The fourth-order valence-corrected chi connectivity index (χ4v) is 1.36. The Morgan fingerprint density at radius 2 is 1.93 bits per heavy atom. The molecule has 0 fully saturated rings. The number of nitrogens with one attached hydrogen (secondary N) is 1. The molecule has 0 heterocycles. The van der Waals surface area contributed by atoms with Crippen molar-refractivity contribution in [3.63, 3.8) is 0 Å². The van der Waals surface area contributed by atoms with Gasteiger partial charge in [-0.05, 0) is 35.9 Å². The van der Waals surface area contributed by atoms with E-state index in [9.17, 15) is 4.39 Å². The first-order valence-electron chi connectivity index (χ1n) is 4.79. The molecule has 0 aliphatic heterocycles. The molecule has 0 amide bonds. The van der Waals surface area contributed by atoms with Crippen LogP contribution in [-0.4, -0.2) is 0 Å². The maximum atomic E-state index is 12.9. The van der Waals surface area contributed by atoms with Crippen LogP contribution in [0, 0.1) is 11.9 Å². The smallest absolute Gasteiger partial charge is 0.123 e. The minimum Gasteiger partial charge on any atom is -0.381 e. The summed E-state index contributed by atoms with van der Waals surface area (Å²) < 4.78 is 12.9. The largest absolute Gasteiger partial charge is 0.381 e. The molecule has 0 aliphatic rings. The Morgan fingerprint density at radius 3 is 2.67 bits per heavy atom. The minimum absolute atomic E-state index is 0.198. The SMILES string of the molecule is Fc1cccc(CNc2cc[c]cc2)c1. The molecule has 0 bridgehead atoms. The van der Waals surface area contributed by atoms with Crippen molar-refractivity contribution in [1.29, 1.82) is 0 Å². The maximum absolute atomic E-state index is 12.9. The van der Waals surface area contributed by atoms with Gasteiger partial charge < -0.3 is 5.32 Å². The van der Waals surface area contributed by atoms with E-state index in [0.717, 1.165) is 11.3 Å². The van der Waals surface area contributed by atoms with Gasteiger partial charge in [0, 0.05) is 12.2 Å². The van der Waals surface area contributed by atoms with Crippen LogP contribution in [0.15, 0.2) is 48.5 Å². The molecule has 1 N–H and O–H groups in total. The van der Waals surface area contributed by atoms with Gasteiger partial charge in [0.25, 0.3) is 0 Å². The Hall–Kier alpha value is -1.83. The molecule has 0 unspecified atom stereocenters. The van der Waals surface area contributed by atoms with E-state index in [2.05, 4.69) is 11.4 Å². The van der Waals surface area contributed by atoms with Crippen LogP contribution in [-0.2, 0) is 6.54 Å². The van der Waals surface area contributed by atoms with Gasteiger partial charge in [-0.25, -0.2) is 4.39 Å². The fraction of sp³-hybridized carbons (Fsp3) is 0.0769. The molecule has 0 saturated heterocycles. The van der Waals surface area contributed by atoms with E-state index in [-0.39, 0.29) is 5.82 Å². The average molecular weight is 200 g/mol. The number of anilines is 1. The molecule has 0 spiro atoms. The van der Waals surface area contributed by atoms with Gasteiger partial charge in [0.2, 0.25) is 0 Å². The predicted molar refractivity (Wildman–Crippen MR) is 59.0 cm³/mol. The Labute approximate surface area is 88.6 Å². The van der Waals surface area contributed by atoms with Gasteiger partial charge in [-0.2, -0.15) is 0 Å². The first kappa shape index (κ1) is 9.71. The zero-order chi connectivity index (χ0) is 10.5. The quantitative estimate of drug-likeness (QED) is 0.802. The lowest BCUT2D eigenvalue weighted by molar-refractivity contribution is 0.626. The minimum atomic E-state index is -0.198. The van der Waals surface area contributed by atoms with E-state index in [4.69, 9.17) is 0 Å². The third-order valence-corrected chi connectivity index (χ3v) is 2.10. The van der Waals surface area contributed by atoms with Crippen molar-refractivity contribution in [2.24, 2.45) is 0 Å². The van der Waals surface area contributed by atoms with Crippen molar-refractivity contribution in [1.82, 2.24) is 0 Å². The summed E-state index contributed by atoms with van der Waals surface area (Å²) in [6.45, 7) is 0.627. The van der Waals surface area contributed by atoms with E-state index in [0.29, 0.717) is 6.54 Å². The van der Waals surface area contributed by atoms with Gasteiger partial charge in [-0.3, -0.25) is 0 Å². The van der Waals surface area contributed by atoms with Gasteiger partial charge in [0.05, 0.1) is 0 Å². The van der Waals surface area contributed by atoms with E-state index >= 15 is 0 Å². The molecule has 1 nitrogen and oxygen atoms in total. The van der Waals surface area contributed by atoms with E-state index in [1.165, 1.54) is 12.1 Å².